The number of aromatic nitrogens is 3. The zero-order valence-corrected chi connectivity index (χ0v) is 11.6. The van der Waals surface area contributed by atoms with Gasteiger partial charge in [0.1, 0.15) is 25.2 Å². The van der Waals surface area contributed by atoms with Gasteiger partial charge in [-0.25, -0.2) is 9.97 Å². The maximum atomic E-state index is 10.8. The summed E-state index contributed by atoms with van der Waals surface area (Å²) in [6, 6.07) is 2.00. The van der Waals surface area contributed by atoms with Gasteiger partial charge < -0.3 is 19.1 Å². The molecule has 0 spiro atoms. The van der Waals surface area contributed by atoms with E-state index in [9.17, 15) is 9.90 Å². The predicted molar refractivity (Wildman–Crippen MR) is 73.1 cm³/mol. The lowest BCUT2D eigenvalue weighted by molar-refractivity contribution is -0.144. The van der Waals surface area contributed by atoms with Crippen LogP contribution in [-0.2, 0) is 14.3 Å². The molecule has 2 aromatic rings. The topological polar surface area (TPSA) is 110 Å². The Balaban J connectivity index is 1.87. The van der Waals surface area contributed by atoms with Crippen LogP contribution in [0, 0.1) is 24.2 Å². The zero-order valence-electron chi connectivity index (χ0n) is 11.6. The lowest BCUT2D eigenvalue weighted by atomic mass is 10.2. The lowest BCUT2D eigenvalue weighted by Crippen LogP contribution is -2.18. The number of fused-ring (bicyclic) bond motifs is 1. The second kappa shape index (κ2) is 5.61. The minimum atomic E-state index is -0.501. The van der Waals surface area contributed by atoms with Crippen molar-refractivity contribution in [1.82, 2.24) is 14.5 Å². The van der Waals surface area contributed by atoms with Gasteiger partial charge in [-0.05, 0) is 0 Å². The van der Waals surface area contributed by atoms with Gasteiger partial charge in [0.25, 0.3) is 0 Å². The number of hydrogen-bond acceptors (Lipinski definition) is 7. The van der Waals surface area contributed by atoms with Crippen LogP contribution >= 0.6 is 0 Å². The highest BCUT2D eigenvalue weighted by atomic mass is 16.6. The van der Waals surface area contributed by atoms with Crippen LogP contribution in [0.3, 0.4) is 0 Å². The van der Waals surface area contributed by atoms with E-state index in [-0.39, 0.29) is 35.5 Å². The molecule has 22 heavy (non-hydrogen) atoms. The summed E-state index contributed by atoms with van der Waals surface area (Å²) in [5, 5.41) is 19.3. The minimum absolute atomic E-state index is 0.118. The lowest BCUT2D eigenvalue weighted by Gasteiger charge is -2.15. The molecule has 0 amide bonds. The van der Waals surface area contributed by atoms with E-state index >= 15 is 0 Å². The summed E-state index contributed by atoms with van der Waals surface area (Å²) in [4.78, 5) is 18.6. The minimum Gasteiger partial charge on any atom is -0.493 e. The van der Waals surface area contributed by atoms with Crippen LogP contribution in [0.5, 0.6) is 5.88 Å². The van der Waals surface area contributed by atoms with E-state index in [1.807, 2.05) is 6.07 Å². The fourth-order valence-electron chi connectivity index (χ4n) is 2.29. The van der Waals surface area contributed by atoms with Crippen molar-refractivity contribution < 1.29 is 19.4 Å². The Hall–Kier alpha value is -2.66. The predicted octanol–water partition coefficient (Wildman–Crippen LogP) is 0.878. The molecule has 8 heteroatoms. The first-order chi connectivity index (χ1) is 10.6. The highest BCUT2D eigenvalue weighted by molar-refractivity contribution is 5.87. The average Bonchev–Trinajstić information content (AvgIpc) is 3.09. The van der Waals surface area contributed by atoms with Crippen LogP contribution in [0.4, 0.5) is 0 Å². The molecule has 2 radical (unpaired) electrons. The molecule has 0 saturated carbocycles. The van der Waals surface area contributed by atoms with Crippen molar-refractivity contribution in [3.05, 3.63) is 30.9 Å². The monoisotopic (exact) mass is 300 g/mol. The fraction of sp³-hybridized carbons (Fsp3) is 0.286. The Kier molecular flexibility index (Phi) is 3.65. The van der Waals surface area contributed by atoms with Crippen LogP contribution in [0.25, 0.3) is 11.0 Å². The number of ether oxygens (including phenoxy) is 2. The molecule has 1 aliphatic rings. The van der Waals surface area contributed by atoms with Crippen molar-refractivity contribution in [3.8, 4) is 11.9 Å². The van der Waals surface area contributed by atoms with Gasteiger partial charge >= 0.3 is 5.97 Å². The third-order valence-corrected chi connectivity index (χ3v) is 3.24. The molecule has 3 rings (SSSR count). The molecule has 0 aliphatic carbocycles. The molecule has 1 fully saturated rings. The van der Waals surface area contributed by atoms with E-state index in [4.69, 9.17) is 14.7 Å². The number of carbonyl (C=O) groups is 1. The van der Waals surface area contributed by atoms with Crippen LogP contribution < -0.4 is 0 Å². The largest absolute Gasteiger partial charge is 0.493 e. The molecular weight excluding hydrogens is 288 g/mol. The van der Waals surface area contributed by atoms with E-state index in [1.54, 1.807) is 23.6 Å². The fourth-order valence-corrected chi connectivity index (χ4v) is 2.29. The van der Waals surface area contributed by atoms with Crippen LogP contribution in [0.15, 0.2) is 12.5 Å². The van der Waals surface area contributed by atoms with Crippen molar-refractivity contribution >= 4 is 17.0 Å². The molecule has 1 saturated heterocycles. The van der Waals surface area contributed by atoms with E-state index in [1.165, 1.54) is 13.3 Å². The van der Waals surface area contributed by atoms with Gasteiger partial charge in [0, 0.05) is 26.0 Å². The van der Waals surface area contributed by atoms with Gasteiger partial charge in [0.2, 0.25) is 5.88 Å². The number of carbonyl (C=O) groups excluding carboxylic acids is 1. The molecule has 0 aromatic carbocycles. The number of nitrogens with zero attached hydrogens (tertiary/aromatic N) is 4. The molecule has 1 N–H and O–H groups in total. The van der Waals surface area contributed by atoms with E-state index in [2.05, 4.69) is 9.97 Å². The second-order valence-electron chi connectivity index (χ2n) is 4.71. The summed E-state index contributed by atoms with van der Waals surface area (Å²) in [6.45, 7) is 1.45. The number of hydrogen-bond donors (Lipinski definition) is 1. The normalized spacial score (nSPS) is 20.9. The standard InChI is InChI=1S/C14H12N4O4/c1-8(19)21-6-10-2-3-11(22-10)18-5-9(4-15)12-13(18)16-7-17-14(12)20/h2-3,5,7,10-11H,6H2,1H3,(H,16,17,20)/t10?,11-/m1/s1. The zero-order chi connectivity index (χ0) is 15.7. The molecule has 1 unspecified atom stereocenters. The molecule has 2 atom stereocenters. The number of nitriles is 1. The molecule has 3 heterocycles. The molecule has 2 aromatic heterocycles. The molecule has 112 valence electrons. The van der Waals surface area contributed by atoms with Crippen molar-refractivity contribution in [1.29, 1.82) is 5.26 Å². The third kappa shape index (κ3) is 2.46. The van der Waals surface area contributed by atoms with Crippen LogP contribution in [0.1, 0.15) is 18.7 Å². The van der Waals surface area contributed by atoms with Gasteiger partial charge in [0.15, 0.2) is 5.65 Å². The van der Waals surface area contributed by atoms with E-state index in [0.29, 0.717) is 5.65 Å². The summed E-state index contributed by atoms with van der Waals surface area (Å²) < 4.78 is 12.3. The Labute approximate surface area is 125 Å². The quantitative estimate of drug-likeness (QED) is 0.837. The van der Waals surface area contributed by atoms with Gasteiger partial charge in [-0.2, -0.15) is 5.26 Å². The van der Waals surface area contributed by atoms with Gasteiger partial charge in [-0.1, -0.05) is 0 Å². The number of aromatic hydroxyl groups is 1. The summed E-state index contributed by atoms with van der Waals surface area (Å²) in [5.41, 5.74) is 0.653. The van der Waals surface area contributed by atoms with Crippen molar-refractivity contribution in [2.75, 3.05) is 6.61 Å². The van der Waals surface area contributed by atoms with Crippen molar-refractivity contribution in [3.63, 3.8) is 0 Å². The molecular formula is C14H12N4O4. The van der Waals surface area contributed by atoms with Crippen LogP contribution in [-0.4, -0.2) is 38.3 Å². The molecule has 8 nitrogen and oxygen atoms in total. The number of esters is 1. The first-order valence-electron chi connectivity index (χ1n) is 6.52. The highest BCUT2D eigenvalue weighted by Crippen LogP contribution is 2.33. The summed E-state index contributed by atoms with van der Waals surface area (Å²) in [6.07, 6.45) is 5.43. The first kappa shape index (κ1) is 14.3. The third-order valence-electron chi connectivity index (χ3n) is 3.24. The van der Waals surface area contributed by atoms with Gasteiger partial charge in [-0.3, -0.25) is 4.79 Å². The summed E-state index contributed by atoms with van der Waals surface area (Å²) >= 11 is 0. The van der Waals surface area contributed by atoms with E-state index < -0.39 is 6.23 Å². The Bertz CT molecular complexity index is 764. The van der Waals surface area contributed by atoms with Crippen LogP contribution in [0.2, 0.25) is 0 Å². The Morgan fingerprint density at radius 1 is 1.55 bits per heavy atom. The second-order valence-corrected chi connectivity index (χ2v) is 4.71. The smallest absolute Gasteiger partial charge is 0.302 e. The summed E-state index contributed by atoms with van der Waals surface area (Å²) in [7, 11) is 0. The van der Waals surface area contributed by atoms with Crippen molar-refractivity contribution in [2.24, 2.45) is 0 Å². The van der Waals surface area contributed by atoms with Gasteiger partial charge in [-0.15, -0.1) is 0 Å². The maximum Gasteiger partial charge on any atom is 0.302 e. The van der Waals surface area contributed by atoms with Gasteiger partial charge in [0.05, 0.1) is 17.1 Å². The van der Waals surface area contributed by atoms with Crippen molar-refractivity contribution in [2.45, 2.75) is 19.3 Å². The molecule has 1 aliphatic heterocycles. The highest BCUT2D eigenvalue weighted by Gasteiger charge is 2.30. The first-order valence-corrected chi connectivity index (χ1v) is 6.52. The maximum absolute atomic E-state index is 10.8. The van der Waals surface area contributed by atoms with E-state index in [0.717, 1.165) is 0 Å². The SMILES string of the molecule is CC(=O)OCC1[CH][CH][C@H](n2cc(C#N)c3c(O)ncnc32)O1. The number of rotatable bonds is 3. The molecule has 0 bridgehead atoms. The average molecular weight is 300 g/mol. The summed E-state index contributed by atoms with van der Waals surface area (Å²) in [5.74, 6) is -0.630. The Morgan fingerprint density at radius 2 is 2.36 bits per heavy atom. The Morgan fingerprint density at radius 3 is 3.09 bits per heavy atom.